The molecule has 0 spiro atoms. The summed E-state index contributed by atoms with van der Waals surface area (Å²) in [5.41, 5.74) is 0. The van der Waals surface area contributed by atoms with Gasteiger partial charge in [0.15, 0.2) is 6.10 Å². The lowest BCUT2D eigenvalue weighted by Crippen LogP contribution is -2.30. The van der Waals surface area contributed by atoms with Crippen molar-refractivity contribution >= 4 is 17.9 Å². The van der Waals surface area contributed by atoms with Gasteiger partial charge in [0.1, 0.15) is 13.2 Å². The van der Waals surface area contributed by atoms with Crippen LogP contribution in [0.15, 0.2) is 97.2 Å². The molecule has 0 N–H and O–H groups in total. The van der Waals surface area contributed by atoms with Crippen LogP contribution in [0.25, 0.3) is 0 Å². The quantitative estimate of drug-likeness (QED) is 0.0261. The second-order valence-electron chi connectivity index (χ2n) is 23.8. The summed E-state index contributed by atoms with van der Waals surface area (Å²) in [4.78, 5) is 38.5. The van der Waals surface area contributed by atoms with Gasteiger partial charge in [-0.05, 0) is 122 Å². The van der Waals surface area contributed by atoms with Crippen molar-refractivity contribution in [1.29, 1.82) is 0 Å². The van der Waals surface area contributed by atoms with Crippen LogP contribution >= 0.6 is 0 Å². The van der Waals surface area contributed by atoms with E-state index in [-0.39, 0.29) is 31.1 Å². The predicted molar refractivity (Wildman–Crippen MR) is 362 cm³/mol. The van der Waals surface area contributed by atoms with Gasteiger partial charge >= 0.3 is 17.9 Å². The highest BCUT2D eigenvalue weighted by Crippen LogP contribution is 2.17. The summed E-state index contributed by atoms with van der Waals surface area (Å²) in [5, 5.41) is 0. The fraction of sp³-hybridized carbons (Fsp3) is 0.753. The monoisotopic (exact) mass is 1160 g/mol. The highest BCUT2D eigenvalue weighted by molar-refractivity contribution is 5.71. The molecular weight excluding hydrogens is 1020 g/mol. The van der Waals surface area contributed by atoms with Crippen LogP contribution < -0.4 is 0 Å². The highest BCUT2D eigenvalue weighted by atomic mass is 16.6. The van der Waals surface area contributed by atoms with E-state index in [1.165, 1.54) is 193 Å². The first-order valence-electron chi connectivity index (χ1n) is 35.7. The van der Waals surface area contributed by atoms with Gasteiger partial charge in [-0.15, -0.1) is 0 Å². The molecule has 0 radical (unpaired) electrons. The zero-order valence-corrected chi connectivity index (χ0v) is 54.9. The van der Waals surface area contributed by atoms with E-state index in [9.17, 15) is 14.4 Å². The molecule has 0 amide bonds. The minimum absolute atomic E-state index is 0.0860. The van der Waals surface area contributed by atoms with Crippen molar-refractivity contribution in [3.63, 3.8) is 0 Å². The summed E-state index contributed by atoms with van der Waals surface area (Å²) in [6.45, 7) is 6.53. The van der Waals surface area contributed by atoms with Crippen LogP contribution in [0.4, 0.5) is 0 Å². The second-order valence-corrected chi connectivity index (χ2v) is 23.8. The number of carbonyl (C=O) groups is 3. The van der Waals surface area contributed by atoms with Gasteiger partial charge in [0.25, 0.3) is 0 Å². The van der Waals surface area contributed by atoms with Crippen LogP contribution in [0.1, 0.15) is 355 Å². The molecule has 0 fully saturated rings. The van der Waals surface area contributed by atoms with E-state index in [2.05, 4.69) is 118 Å². The number of unbranched alkanes of at least 4 members (excludes halogenated alkanes) is 38. The number of hydrogen-bond acceptors (Lipinski definition) is 6. The minimum Gasteiger partial charge on any atom is -0.462 e. The van der Waals surface area contributed by atoms with Crippen molar-refractivity contribution in [2.75, 3.05) is 13.2 Å². The van der Waals surface area contributed by atoms with Crippen LogP contribution in [0.2, 0.25) is 0 Å². The van der Waals surface area contributed by atoms with Crippen molar-refractivity contribution in [3.8, 4) is 0 Å². The van der Waals surface area contributed by atoms with Gasteiger partial charge in [0.05, 0.1) is 0 Å². The SMILES string of the molecule is CC/C=C\C/C=C\C/C=C\C/C=C\C/C=C\CCCCCCCC(=O)OC(COC(=O)CCCCCCC/C=C\CCCCCCCC)COC(=O)CCCCCCCCCCCCCCCCCCC/C=C\C/C=C\CCCCCCC. The lowest BCUT2D eigenvalue weighted by molar-refractivity contribution is -0.167. The molecule has 83 heavy (non-hydrogen) atoms. The molecule has 0 aliphatic rings. The van der Waals surface area contributed by atoms with E-state index < -0.39 is 6.10 Å². The Kier molecular flexibility index (Phi) is 67.7. The van der Waals surface area contributed by atoms with Crippen molar-refractivity contribution in [2.45, 2.75) is 361 Å². The first-order valence-corrected chi connectivity index (χ1v) is 35.7. The lowest BCUT2D eigenvalue weighted by Gasteiger charge is -2.18. The highest BCUT2D eigenvalue weighted by Gasteiger charge is 2.19. The molecule has 0 aliphatic carbocycles. The third-order valence-corrected chi connectivity index (χ3v) is 15.5. The topological polar surface area (TPSA) is 78.9 Å². The molecule has 6 heteroatoms. The average molecular weight is 1160 g/mol. The standard InChI is InChI=1S/C77H134O6/c1-4-7-10-13-16-19-22-25-28-30-32-34-35-36-37-38-39-40-41-43-44-46-49-52-55-58-61-64-67-70-76(79)82-73-74(72-81-75(78)69-66-63-60-57-54-51-48-27-24-21-18-15-12-9-6-3)83-77(80)71-68-65-62-59-56-53-50-47-45-42-33-31-29-26-23-20-17-14-11-8-5-2/h8,11,17,20,22,25-27,29-30,32-33,42,47-48,50,74H,4-7,9-10,12-16,18-19,21,23-24,28,31,34-41,43-46,49,51-73H2,1-3H3/b11-8-,20-17-,25-22-,29-26-,32-30-,42-33-,48-27-,50-47-. The van der Waals surface area contributed by atoms with Crippen LogP contribution in [-0.4, -0.2) is 37.2 Å². The Morgan fingerprint density at radius 1 is 0.253 bits per heavy atom. The zero-order valence-electron chi connectivity index (χ0n) is 54.9. The van der Waals surface area contributed by atoms with Gasteiger partial charge in [0.2, 0.25) is 0 Å². The van der Waals surface area contributed by atoms with E-state index >= 15 is 0 Å². The summed E-state index contributed by atoms with van der Waals surface area (Å²) < 4.78 is 17.0. The molecule has 0 rings (SSSR count). The number of esters is 3. The molecule has 0 heterocycles. The Bertz CT molecular complexity index is 1610. The predicted octanol–water partition coefficient (Wildman–Crippen LogP) is 24.8. The van der Waals surface area contributed by atoms with E-state index in [1.54, 1.807) is 0 Å². The zero-order chi connectivity index (χ0) is 59.9. The molecule has 0 aliphatic heterocycles. The number of hydrogen-bond donors (Lipinski definition) is 0. The molecule has 0 saturated carbocycles. The first-order chi connectivity index (χ1) is 41.0. The molecule has 0 saturated heterocycles. The van der Waals surface area contributed by atoms with Gasteiger partial charge in [-0.1, -0.05) is 311 Å². The largest absolute Gasteiger partial charge is 0.462 e. The van der Waals surface area contributed by atoms with Crippen molar-refractivity contribution in [1.82, 2.24) is 0 Å². The number of allylic oxidation sites excluding steroid dienone is 16. The third kappa shape index (κ3) is 69.0. The fourth-order valence-corrected chi connectivity index (χ4v) is 10.2. The Morgan fingerprint density at radius 2 is 0.470 bits per heavy atom. The second kappa shape index (κ2) is 70.8. The molecule has 0 bridgehead atoms. The summed E-state index contributed by atoms with van der Waals surface area (Å²) >= 11 is 0. The van der Waals surface area contributed by atoms with Crippen LogP contribution in [0.5, 0.6) is 0 Å². The maximum Gasteiger partial charge on any atom is 0.306 e. The summed E-state index contributed by atoms with van der Waals surface area (Å²) in [6, 6.07) is 0. The molecule has 1 unspecified atom stereocenters. The van der Waals surface area contributed by atoms with E-state index in [1.807, 2.05) is 0 Å². The van der Waals surface area contributed by atoms with E-state index in [0.29, 0.717) is 19.3 Å². The number of ether oxygens (including phenoxy) is 3. The van der Waals surface area contributed by atoms with Gasteiger partial charge in [-0.3, -0.25) is 14.4 Å². The number of carbonyl (C=O) groups excluding carboxylic acids is 3. The molecule has 0 aromatic carbocycles. The van der Waals surface area contributed by atoms with Crippen LogP contribution in [0.3, 0.4) is 0 Å². The fourth-order valence-electron chi connectivity index (χ4n) is 10.2. The molecular formula is C77H134O6. The Hall–Kier alpha value is -3.67. The van der Waals surface area contributed by atoms with Crippen molar-refractivity contribution in [3.05, 3.63) is 97.2 Å². The van der Waals surface area contributed by atoms with Crippen molar-refractivity contribution in [2.24, 2.45) is 0 Å². The number of rotatable bonds is 65. The Balaban J connectivity index is 4.31. The minimum atomic E-state index is -0.793. The smallest absolute Gasteiger partial charge is 0.306 e. The molecule has 478 valence electrons. The van der Waals surface area contributed by atoms with Gasteiger partial charge < -0.3 is 14.2 Å². The average Bonchev–Trinajstić information content (AvgIpc) is 3.49. The molecule has 0 aromatic heterocycles. The van der Waals surface area contributed by atoms with Crippen LogP contribution in [-0.2, 0) is 28.6 Å². The first kappa shape index (κ1) is 79.3. The summed E-state index contributed by atoms with van der Waals surface area (Å²) in [7, 11) is 0. The van der Waals surface area contributed by atoms with E-state index in [4.69, 9.17) is 14.2 Å². The normalized spacial score (nSPS) is 12.7. The maximum absolute atomic E-state index is 13.0. The van der Waals surface area contributed by atoms with Gasteiger partial charge in [0, 0.05) is 19.3 Å². The molecule has 6 nitrogen and oxygen atoms in total. The summed E-state index contributed by atoms with van der Waals surface area (Å²) in [5.74, 6) is -0.898. The van der Waals surface area contributed by atoms with Crippen molar-refractivity contribution < 1.29 is 28.6 Å². The van der Waals surface area contributed by atoms with E-state index in [0.717, 1.165) is 122 Å². The van der Waals surface area contributed by atoms with Gasteiger partial charge in [-0.25, -0.2) is 0 Å². The Morgan fingerprint density at radius 3 is 0.747 bits per heavy atom. The lowest BCUT2D eigenvalue weighted by atomic mass is 10.0. The molecule has 1 atom stereocenters. The molecule has 0 aromatic rings. The van der Waals surface area contributed by atoms with Gasteiger partial charge in [-0.2, -0.15) is 0 Å². The third-order valence-electron chi connectivity index (χ3n) is 15.5. The summed E-state index contributed by atoms with van der Waals surface area (Å²) in [6.07, 6.45) is 95.8. The Labute approximate surface area is 515 Å². The van der Waals surface area contributed by atoms with Crippen LogP contribution in [0, 0.1) is 0 Å². The maximum atomic E-state index is 13.0.